The fourth-order valence-corrected chi connectivity index (χ4v) is 1.80. The van der Waals surface area contributed by atoms with E-state index in [1.165, 1.54) is 0 Å². The van der Waals surface area contributed by atoms with Crippen LogP contribution in [0.1, 0.15) is 27.7 Å². The molecule has 70 valence electrons. The Bertz CT molecular complexity index is 196. The van der Waals surface area contributed by atoms with Gasteiger partial charge in [0.1, 0.15) is 6.10 Å². The Kier molecular flexibility index (Phi) is 2.17. The number of hydrogen-bond acceptors (Lipinski definition) is 3. The fourth-order valence-electron chi connectivity index (χ4n) is 1.80. The quantitative estimate of drug-likeness (QED) is 0.599. The number of aliphatic hydroxyl groups excluding tert-OH is 1. The third-order valence-electron chi connectivity index (χ3n) is 2.51. The van der Waals surface area contributed by atoms with Crippen LogP contribution in [0.3, 0.4) is 0 Å². The molecule has 1 aliphatic heterocycles. The first-order valence-corrected chi connectivity index (χ1v) is 4.26. The van der Waals surface area contributed by atoms with Crippen molar-refractivity contribution in [1.29, 1.82) is 0 Å². The molecule has 0 aromatic carbocycles. The summed E-state index contributed by atoms with van der Waals surface area (Å²) in [5.74, 6) is -0.236. The molecule has 0 radical (unpaired) electrons. The topological polar surface area (TPSA) is 46.5 Å². The van der Waals surface area contributed by atoms with Gasteiger partial charge in [-0.1, -0.05) is 27.7 Å². The fraction of sp³-hybridized carbons (Fsp3) is 0.889. The Hall–Kier alpha value is -0.570. The molecule has 0 spiro atoms. The lowest BCUT2D eigenvalue weighted by molar-refractivity contribution is -0.148. The Morgan fingerprint density at radius 3 is 2.17 bits per heavy atom. The number of carbonyl (C=O) groups is 1. The van der Waals surface area contributed by atoms with Crippen LogP contribution in [0.4, 0.5) is 0 Å². The van der Waals surface area contributed by atoms with Gasteiger partial charge in [0.25, 0.3) is 0 Å². The van der Waals surface area contributed by atoms with Crippen molar-refractivity contribution in [3.05, 3.63) is 0 Å². The van der Waals surface area contributed by atoms with E-state index >= 15 is 0 Å². The SMILES string of the molecule is CC(C)[C@@H]1OC(=O)[C@H](O)C1(C)C. The van der Waals surface area contributed by atoms with Crippen LogP contribution in [0, 0.1) is 11.3 Å². The summed E-state index contributed by atoms with van der Waals surface area (Å²) in [5, 5.41) is 9.47. The summed E-state index contributed by atoms with van der Waals surface area (Å²) in [4.78, 5) is 11.0. The number of aliphatic hydroxyl groups is 1. The molecule has 0 aromatic heterocycles. The van der Waals surface area contributed by atoms with E-state index in [-0.39, 0.29) is 12.0 Å². The van der Waals surface area contributed by atoms with Gasteiger partial charge in [0.05, 0.1) is 0 Å². The van der Waals surface area contributed by atoms with Crippen LogP contribution in [-0.4, -0.2) is 23.3 Å². The lowest BCUT2D eigenvalue weighted by atomic mass is 9.78. The van der Waals surface area contributed by atoms with Crippen LogP contribution >= 0.6 is 0 Å². The Balaban J connectivity index is 2.87. The van der Waals surface area contributed by atoms with Gasteiger partial charge in [-0.3, -0.25) is 0 Å². The molecule has 2 atom stereocenters. The molecule has 0 aliphatic carbocycles. The Labute approximate surface area is 72.7 Å². The van der Waals surface area contributed by atoms with Gasteiger partial charge in [-0.15, -0.1) is 0 Å². The minimum atomic E-state index is -0.968. The van der Waals surface area contributed by atoms with Gasteiger partial charge in [-0.05, 0) is 5.92 Å². The standard InChI is InChI=1S/C9H16O3/c1-5(2)7-9(3,4)6(10)8(11)12-7/h5-7,10H,1-4H3/t6-,7-/m0/s1. The first-order valence-electron chi connectivity index (χ1n) is 4.26. The Morgan fingerprint density at radius 2 is 2.00 bits per heavy atom. The third-order valence-corrected chi connectivity index (χ3v) is 2.51. The second-order valence-electron chi connectivity index (χ2n) is 4.33. The maximum absolute atomic E-state index is 11.0. The zero-order valence-electron chi connectivity index (χ0n) is 8.00. The van der Waals surface area contributed by atoms with Gasteiger partial charge in [0, 0.05) is 5.41 Å². The zero-order chi connectivity index (χ0) is 9.52. The van der Waals surface area contributed by atoms with Crippen molar-refractivity contribution in [2.75, 3.05) is 0 Å². The highest BCUT2D eigenvalue weighted by atomic mass is 16.6. The number of hydrogen-bond donors (Lipinski definition) is 1. The van der Waals surface area contributed by atoms with Crippen LogP contribution in [0.15, 0.2) is 0 Å². The molecule has 1 aliphatic rings. The van der Waals surface area contributed by atoms with Crippen molar-refractivity contribution in [3.63, 3.8) is 0 Å². The first-order chi connectivity index (χ1) is 5.37. The molecule has 0 bridgehead atoms. The van der Waals surface area contributed by atoms with E-state index in [9.17, 15) is 9.90 Å². The van der Waals surface area contributed by atoms with Crippen molar-refractivity contribution in [2.45, 2.75) is 39.9 Å². The average molecular weight is 172 g/mol. The lowest BCUT2D eigenvalue weighted by Crippen LogP contribution is -2.37. The third kappa shape index (κ3) is 1.22. The van der Waals surface area contributed by atoms with Crippen LogP contribution in [-0.2, 0) is 9.53 Å². The van der Waals surface area contributed by atoms with Crippen molar-refractivity contribution >= 4 is 5.97 Å². The zero-order valence-corrected chi connectivity index (χ0v) is 8.00. The molecule has 1 rings (SSSR count). The number of rotatable bonds is 1. The highest BCUT2D eigenvalue weighted by Gasteiger charge is 2.51. The average Bonchev–Trinajstić information content (AvgIpc) is 2.13. The van der Waals surface area contributed by atoms with Gasteiger partial charge in [-0.2, -0.15) is 0 Å². The Morgan fingerprint density at radius 1 is 1.50 bits per heavy atom. The molecule has 0 saturated carbocycles. The maximum Gasteiger partial charge on any atom is 0.335 e. The minimum absolute atomic E-state index is 0.167. The highest BCUT2D eigenvalue weighted by molar-refractivity contribution is 5.78. The molecule has 12 heavy (non-hydrogen) atoms. The van der Waals surface area contributed by atoms with Crippen LogP contribution < -0.4 is 0 Å². The van der Waals surface area contributed by atoms with Crippen molar-refractivity contribution < 1.29 is 14.6 Å². The van der Waals surface area contributed by atoms with Crippen LogP contribution in [0.25, 0.3) is 0 Å². The summed E-state index contributed by atoms with van der Waals surface area (Å²) in [5.41, 5.74) is -0.453. The molecule has 3 nitrogen and oxygen atoms in total. The van der Waals surface area contributed by atoms with Crippen LogP contribution in [0.2, 0.25) is 0 Å². The largest absolute Gasteiger partial charge is 0.459 e. The van der Waals surface area contributed by atoms with Gasteiger partial charge >= 0.3 is 5.97 Å². The van der Waals surface area contributed by atoms with Gasteiger partial charge in [0.15, 0.2) is 6.10 Å². The molecule has 3 heteroatoms. The maximum atomic E-state index is 11.0. The van der Waals surface area contributed by atoms with Crippen LogP contribution in [0.5, 0.6) is 0 Å². The predicted molar refractivity (Wildman–Crippen MR) is 44.5 cm³/mol. The summed E-state index contributed by atoms with van der Waals surface area (Å²) in [7, 11) is 0. The normalized spacial score (nSPS) is 34.0. The molecule has 1 N–H and O–H groups in total. The van der Waals surface area contributed by atoms with E-state index in [2.05, 4.69) is 0 Å². The van der Waals surface area contributed by atoms with Gasteiger partial charge in [-0.25, -0.2) is 4.79 Å². The molecule has 0 amide bonds. The summed E-state index contributed by atoms with van der Waals surface area (Å²) < 4.78 is 5.06. The monoisotopic (exact) mass is 172 g/mol. The highest BCUT2D eigenvalue weighted by Crippen LogP contribution is 2.38. The van der Waals surface area contributed by atoms with Crippen molar-refractivity contribution in [1.82, 2.24) is 0 Å². The van der Waals surface area contributed by atoms with E-state index in [0.29, 0.717) is 0 Å². The smallest absolute Gasteiger partial charge is 0.335 e. The lowest BCUT2D eigenvalue weighted by Gasteiger charge is -2.28. The summed E-state index contributed by atoms with van der Waals surface area (Å²) in [6.07, 6.45) is -1.13. The first kappa shape index (κ1) is 9.52. The molecule has 0 aromatic rings. The van der Waals surface area contributed by atoms with Gasteiger partial charge < -0.3 is 9.84 Å². The van der Waals surface area contributed by atoms with E-state index in [0.717, 1.165) is 0 Å². The molecule has 0 unspecified atom stereocenters. The molecule has 1 fully saturated rings. The second kappa shape index (κ2) is 2.73. The van der Waals surface area contributed by atoms with Crippen molar-refractivity contribution in [3.8, 4) is 0 Å². The summed E-state index contributed by atoms with van der Waals surface area (Å²) in [6, 6.07) is 0. The molecule has 1 saturated heterocycles. The summed E-state index contributed by atoms with van der Waals surface area (Å²) in [6.45, 7) is 7.68. The van der Waals surface area contributed by atoms with E-state index in [1.807, 2.05) is 27.7 Å². The second-order valence-corrected chi connectivity index (χ2v) is 4.33. The molecule has 1 heterocycles. The summed E-state index contributed by atoms with van der Waals surface area (Å²) >= 11 is 0. The van der Waals surface area contributed by atoms with E-state index in [1.54, 1.807) is 0 Å². The van der Waals surface area contributed by atoms with E-state index in [4.69, 9.17) is 4.74 Å². The number of carbonyl (C=O) groups excluding carboxylic acids is 1. The predicted octanol–water partition coefficient (Wildman–Crippen LogP) is 0.955. The minimum Gasteiger partial charge on any atom is -0.459 e. The van der Waals surface area contributed by atoms with Gasteiger partial charge in [0.2, 0.25) is 0 Å². The number of esters is 1. The molecular formula is C9H16O3. The van der Waals surface area contributed by atoms with Crippen molar-refractivity contribution in [2.24, 2.45) is 11.3 Å². The number of cyclic esters (lactones) is 1. The van der Waals surface area contributed by atoms with E-state index < -0.39 is 17.5 Å². The molecular weight excluding hydrogens is 156 g/mol. The number of ether oxygens (including phenoxy) is 1.